The molecule has 0 aliphatic rings. The summed E-state index contributed by atoms with van der Waals surface area (Å²) in [5, 5.41) is 3.76. The molecule has 112 valence electrons. The van der Waals surface area contributed by atoms with Crippen LogP contribution in [0.15, 0.2) is 42.5 Å². The molecule has 0 radical (unpaired) electrons. The van der Waals surface area contributed by atoms with Crippen molar-refractivity contribution in [1.82, 2.24) is 5.32 Å². The Labute approximate surface area is 130 Å². The Kier molecular flexibility index (Phi) is 5.21. The molecule has 0 saturated carbocycles. The van der Waals surface area contributed by atoms with Crippen LogP contribution in [0.2, 0.25) is 5.02 Å². The van der Waals surface area contributed by atoms with Gasteiger partial charge in [-0.1, -0.05) is 29.8 Å². The number of likely N-dealkylation sites (N-methyl/N-ethyl adjacent to an activating group) is 1. The molecule has 0 bridgehead atoms. The molecule has 2 rings (SSSR count). The SMILES string of the molecule is CNC(Cc1ccc(F)cc1Cl)c1ccc(N(C)C)cc1. The molecule has 2 nitrogen and oxygen atoms in total. The van der Waals surface area contributed by atoms with Gasteiger partial charge in [0, 0.05) is 30.8 Å². The minimum atomic E-state index is -0.305. The predicted molar refractivity (Wildman–Crippen MR) is 87.7 cm³/mol. The Bertz CT molecular complexity index is 596. The van der Waals surface area contributed by atoms with Gasteiger partial charge in [-0.05, 0) is 48.9 Å². The summed E-state index contributed by atoms with van der Waals surface area (Å²) in [6, 6.07) is 13.1. The normalized spacial score (nSPS) is 12.2. The van der Waals surface area contributed by atoms with Gasteiger partial charge in [-0.15, -0.1) is 0 Å². The standard InChI is InChI=1S/C17H20ClFN2/c1-20-17(10-13-4-7-14(19)11-16(13)18)12-5-8-15(9-6-12)21(2)3/h4-9,11,17,20H,10H2,1-3H3. The van der Waals surface area contributed by atoms with E-state index in [1.165, 1.54) is 17.7 Å². The Hall–Kier alpha value is -1.58. The predicted octanol–water partition coefficient (Wildman–Crippen LogP) is 4.05. The zero-order chi connectivity index (χ0) is 15.4. The first kappa shape index (κ1) is 15.8. The maximum absolute atomic E-state index is 13.1. The average Bonchev–Trinajstić information content (AvgIpc) is 2.47. The highest BCUT2D eigenvalue weighted by Crippen LogP contribution is 2.25. The quantitative estimate of drug-likeness (QED) is 0.896. The summed E-state index contributed by atoms with van der Waals surface area (Å²) < 4.78 is 13.1. The third-order valence-corrected chi connectivity index (χ3v) is 3.95. The minimum absolute atomic E-state index is 0.143. The van der Waals surface area contributed by atoms with Gasteiger partial charge in [0.2, 0.25) is 0 Å². The van der Waals surface area contributed by atoms with Crippen LogP contribution in [-0.4, -0.2) is 21.1 Å². The van der Waals surface area contributed by atoms with Crippen LogP contribution in [0, 0.1) is 5.82 Å². The second kappa shape index (κ2) is 6.92. The van der Waals surface area contributed by atoms with E-state index in [9.17, 15) is 4.39 Å². The van der Waals surface area contributed by atoms with Crippen LogP contribution in [0.25, 0.3) is 0 Å². The lowest BCUT2D eigenvalue weighted by molar-refractivity contribution is 0.589. The highest BCUT2D eigenvalue weighted by molar-refractivity contribution is 6.31. The van der Waals surface area contributed by atoms with Gasteiger partial charge in [0.25, 0.3) is 0 Å². The molecular formula is C17H20ClFN2. The lowest BCUT2D eigenvalue weighted by atomic mass is 9.98. The third-order valence-electron chi connectivity index (χ3n) is 3.60. The van der Waals surface area contributed by atoms with Crippen LogP contribution in [0.5, 0.6) is 0 Å². The largest absolute Gasteiger partial charge is 0.378 e. The van der Waals surface area contributed by atoms with E-state index in [0.29, 0.717) is 5.02 Å². The van der Waals surface area contributed by atoms with Crippen molar-refractivity contribution >= 4 is 17.3 Å². The van der Waals surface area contributed by atoms with E-state index in [-0.39, 0.29) is 11.9 Å². The van der Waals surface area contributed by atoms with E-state index in [1.807, 2.05) is 21.1 Å². The summed E-state index contributed by atoms with van der Waals surface area (Å²) in [5.41, 5.74) is 3.28. The van der Waals surface area contributed by atoms with Gasteiger partial charge in [-0.3, -0.25) is 0 Å². The topological polar surface area (TPSA) is 15.3 Å². The smallest absolute Gasteiger partial charge is 0.124 e. The van der Waals surface area contributed by atoms with Gasteiger partial charge >= 0.3 is 0 Å². The molecule has 0 aliphatic heterocycles. The van der Waals surface area contributed by atoms with Gasteiger partial charge in [-0.25, -0.2) is 4.39 Å². The first-order valence-corrected chi connectivity index (χ1v) is 7.27. The van der Waals surface area contributed by atoms with Crippen LogP contribution in [-0.2, 0) is 6.42 Å². The molecule has 1 atom stereocenters. The number of nitrogens with zero attached hydrogens (tertiary/aromatic N) is 1. The van der Waals surface area contributed by atoms with Crippen LogP contribution < -0.4 is 10.2 Å². The monoisotopic (exact) mass is 306 g/mol. The fraction of sp³-hybridized carbons (Fsp3) is 0.294. The van der Waals surface area contributed by atoms with E-state index in [2.05, 4.69) is 34.5 Å². The van der Waals surface area contributed by atoms with Crippen molar-refractivity contribution in [2.24, 2.45) is 0 Å². The molecule has 0 amide bonds. The number of hydrogen-bond acceptors (Lipinski definition) is 2. The molecule has 2 aromatic carbocycles. The summed E-state index contributed by atoms with van der Waals surface area (Å²) in [6.07, 6.45) is 0.719. The molecule has 21 heavy (non-hydrogen) atoms. The number of hydrogen-bond donors (Lipinski definition) is 1. The summed E-state index contributed by atoms with van der Waals surface area (Å²) in [4.78, 5) is 2.06. The van der Waals surface area contributed by atoms with E-state index in [4.69, 9.17) is 11.6 Å². The molecule has 0 fully saturated rings. The van der Waals surface area contributed by atoms with Crippen molar-refractivity contribution in [2.75, 3.05) is 26.0 Å². The molecule has 0 aromatic heterocycles. The second-order valence-electron chi connectivity index (χ2n) is 5.27. The number of rotatable bonds is 5. The number of halogens is 2. The van der Waals surface area contributed by atoms with Gasteiger partial charge < -0.3 is 10.2 Å². The fourth-order valence-corrected chi connectivity index (χ4v) is 2.54. The first-order chi connectivity index (χ1) is 10.0. The van der Waals surface area contributed by atoms with Crippen molar-refractivity contribution in [1.29, 1.82) is 0 Å². The van der Waals surface area contributed by atoms with Crippen molar-refractivity contribution in [3.8, 4) is 0 Å². The van der Waals surface area contributed by atoms with Crippen LogP contribution in [0.3, 0.4) is 0 Å². The maximum atomic E-state index is 13.1. The summed E-state index contributed by atoms with van der Waals surface area (Å²) in [5.74, 6) is -0.305. The molecule has 4 heteroatoms. The maximum Gasteiger partial charge on any atom is 0.124 e. The number of anilines is 1. The molecule has 1 unspecified atom stereocenters. The highest BCUT2D eigenvalue weighted by Gasteiger charge is 2.13. The molecule has 0 spiro atoms. The Balaban J connectivity index is 2.19. The van der Waals surface area contributed by atoms with E-state index in [0.717, 1.165) is 17.7 Å². The first-order valence-electron chi connectivity index (χ1n) is 6.89. The fourth-order valence-electron chi connectivity index (χ4n) is 2.30. The Morgan fingerprint density at radius 3 is 2.33 bits per heavy atom. The zero-order valence-electron chi connectivity index (χ0n) is 12.5. The second-order valence-corrected chi connectivity index (χ2v) is 5.67. The summed E-state index contributed by atoms with van der Waals surface area (Å²) >= 11 is 6.11. The van der Waals surface area contributed by atoms with Crippen LogP contribution in [0.1, 0.15) is 17.2 Å². The van der Waals surface area contributed by atoms with Crippen molar-refractivity contribution in [2.45, 2.75) is 12.5 Å². The average molecular weight is 307 g/mol. The molecule has 2 aromatic rings. The highest BCUT2D eigenvalue weighted by atomic mass is 35.5. The van der Waals surface area contributed by atoms with Gasteiger partial charge in [0.15, 0.2) is 0 Å². The molecule has 0 heterocycles. The van der Waals surface area contributed by atoms with E-state index < -0.39 is 0 Å². The lowest BCUT2D eigenvalue weighted by Crippen LogP contribution is -2.19. The van der Waals surface area contributed by atoms with Crippen molar-refractivity contribution in [3.63, 3.8) is 0 Å². The van der Waals surface area contributed by atoms with E-state index in [1.54, 1.807) is 6.07 Å². The Morgan fingerprint density at radius 2 is 1.81 bits per heavy atom. The van der Waals surface area contributed by atoms with Gasteiger partial charge in [0.05, 0.1) is 0 Å². The van der Waals surface area contributed by atoms with Gasteiger partial charge in [-0.2, -0.15) is 0 Å². The molecular weight excluding hydrogens is 287 g/mol. The number of benzene rings is 2. The molecule has 0 aliphatic carbocycles. The lowest BCUT2D eigenvalue weighted by Gasteiger charge is -2.19. The van der Waals surface area contributed by atoms with Crippen LogP contribution in [0.4, 0.5) is 10.1 Å². The summed E-state index contributed by atoms with van der Waals surface area (Å²) in [7, 11) is 5.95. The minimum Gasteiger partial charge on any atom is -0.378 e. The molecule has 1 N–H and O–H groups in total. The molecule has 0 saturated heterocycles. The number of nitrogens with one attached hydrogen (secondary N) is 1. The Morgan fingerprint density at radius 1 is 1.14 bits per heavy atom. The third kappa shape index (κ3) is 3.96. The van der Waals surface area contributed by atoms with Gasteiger partial charge in [0.1, 0.15) is 5.82 Å². The van der Waals surface area contributed by atoms with E-state index >= 15 is 0 Å². The zero-order valence-corrected chi connectivity index (χ0v) is 13.3. The van der Waals surface area contributed by atoms with Crippen molar-refractivity contribution < 1.29 is 4.39 Å². The summed E-state index contributed by atoms with van der Waals surface area (Å²) in [6.45, 7) is 0. The van der Waals surface area contributed by atoms with Crippen LogP contribution >= 0.6 is 11.6 Å². The van der Waals surface area contributed by atoms with Crippen molar-refractivity contribution in [3.05, 3.63) is 64.4 Å².